The van der Waals surface area contributed by atoms with Gasteiger partial charge in [0, 0.05) is 20.1 Å². The summed E-state index contributed by atoms with van der Waals surface area (Å²) in [6.07, 6.45) is 0.835. The zero-order valence-electron chi connectivity index (χ0n) is 9.58. The zero-order valence-corrected chi connectivity index (χ0v) is 9.58. The van der Waals surface area contributed by atoms with Crippen molar-refractivity contribution < 1.29 is 9.94 Å². The molecule has 0 aliphatic carbocycles. The summed E-state index contributed by atoms with van der Waals surface area (Å²) < 4.78 is 5.39. The summed E-state index contributed by atoms with van der Waals surface area (Å²) in [6, 6.07) is 8.04. The van der Waals surface area contributed by atoms with Gasteiger partial charge in [0.05, 0.1) is 5.60 Å². The van der Waals surface area contributed by atoms with Gasteiger partial charge in [0.25, 0.3) is 0 Å². The summed E-state index contributed by atoms with van der Waals surface area (Å²) >= 11 is 0. The molecule has 0 spiro atoms. The van der Waals surface area contributed by atoms with Crippen molar-refractivity contribution in [3.63, 3.8) is 0 Å². The summed E-state index contributed by atoms with van der Waals surface area (Å²) in [5, 5.41) is 8.72. The van der Waals surface area contributed by atoms with Crippen LogP contribution in [0.25, 0.3) is 0 Å². The van der Waals surface area contributed by atoms with Crippen LogP contribution in [0.5, 0.6) is 0 Å². The van der Waals surface area contributed by atoms with Crippen LogP contribution in [0.15, 0.2) is 24.3 Å². The molecule has 0 fully saturated rings. The Bertz CT molecular complexity index is 310. The number of ether oxygens (including phenoxy) is 1. The van der Waals surface area contributed by atoms with Crippen LogP contribution in [0.1, 0.15) is 25.0 Å². The molecule has 1 aromatic rings. The molecular formula is C12H19NO2. The van der Waals surface area contributed by atoms with Crippen molar-refractivity contribution in [2.45, 2.75) is 32.4 Å². The lowest BCUT2D eigenvalue weighted by molar-refractivity contribution is 0.0229. The average molecular weight is 209 g/mol. The first-order valence-electron chi connectivity index (χ1n) is 5.08. The molecule has 0 unspecified atom stereocenters. The molecular weight excluding hydrogens is 190 g/mol. The fourth-order valence-electron chi connectivity index (χ4n) is 1.52. The van der Waals surface area contributed by atoms with Gasteiger partial charge in [-0.05, 0) is 25.0 Å². The van der Waals surface area contributed by atoms with Crippen molar-refractivity contribution in [3.8, 4) is 0 Å². The van der Waals surface area contributed by atoms with E-state index < -0.39 is 0 Å². The van der Waals surface area contributed by atoms with Crippen LogP contribution >= 0.6 is 0 Å². The van der Waals surface area contributed by atoms with Gasteiger partial charge >= 0.3 is 0 Å². The molecule has 0 saturated carbocycles. The molecule has 0 bridgehead atoms. The molecule has 0 aliphatic heterocycles. The summed E-state index contributed by atoms with van der Waals surface area (Å²) in [6.45, 7) is 4.57. The van der Waals surface area contributed by atoms with Gasteiger partial charge in [-0.25, -0.2) is 5.48 Å². The molecule has 1 aromatic carbocycles. The van der Waals surface area contributed by atoms with Crippen LogP contribution in [0, 0.1) is 0 Å². The SMILES string of the molecule is COC(C)(C)Cc1ccccc1CNO. The first-order chi connectivity index (χ1) is 7.09. The van der Waals surface area contributed by atoms with Crippen LogP contribution in [0.2, 0.25) is 0 Å². The molecule has 0 heterocycles. The van der Waals surface area contributed by atoms with Crippen molar-refractivity contribution >= 4 is 0 Å². The van der Waals surface area contributed by atoms with Gasteiger partial charge < -0.3 is 9.94 Å². The number of hydrogen-bond donors (Lipinski definition) is 2. The van der Waals surface area contributed by atoms with E-state index in [1.165, 1.54) is 5.56 Å². The van der Waals surface area contributed by atoms with Crippen LogP contribution < -0.4 is 5.48 Å². The minimum atomic E-state index is -0.175. The number of hydroxylamine groups is 1. The van der Waals surface area contributed by atoms with E-state index in [4.69, 9.17) is 9.94 Å². The second kappa shape index (κ2) is 5.26. The van der Waals surface area contributed by atoms with E-state index in [1.54, 1.807) is 7.11 Å². The van der Waals surface area contributed by atoms with Crippen molar-refractivity contribution in [3.05, 3.63) is 35.4 Å². The highest BCUT2D eigenvalue weighted by molar-refractivity contribution is 5.28. The van der Waals surface area contributed by atoms with E-state index in [9.17, 15) is 0 Å². The smallest absolute Gasteiger partial charge is 0.0663 e. The lowest BCUT2D eigenvalue weighted by Gasteiger charge is -2.24. The predicted molar refractivity (Wildman–Crippen MR) is 59.9 cm³/mol. The monoisotopic (exact) mass is 209 g/mol. The van der Waals surface area contributed by atoms with Gasteiger partial charge in [-0.1, -0.05) is 24.3 Å². The second-order valence-electron chi connectivity index (χ2n) is 4.24. The maximum atomic E-state index is 8.72. The topological polar surface area (TPSA) is 41.5 Å². The normalized spacial score (nSPS) is 11.7. The lowest BCUT2D eigenvalue weighted by atomic mass is 9.94. The maximum Gasteiger partial charge on any atom is 0.0663 e. The molecule has 1 rings (SSSR count). The lowest BCUT2D eigenvalue weighted by Crippen LogP contribution is -2.26. The van der Waals surface area contributed by atoms with Crippen LogP contribution in [-0.2, 0) is 17.7 Å². The maximum absolute atomic E-state index is 8.72. The molecule has 0 radical (unpaired) electrons. The first kappa shape index (κ1) is 12.2. The third-order valence-corrected chi connectivity index (χ3v) is 2.56. The molecule has 0 saturated heterocycles. The number of nitrogens with one attached hydrogen (secondary N) is 1. The molecule has 0 atom stereocenters. The molecule has 3 heteroatoms. The average Bonchev–Trinajstić information content (AvgIpc) is 2.21. The summed E-state index contributed by atoms with van der Waals surface area (Å²) in [5.41, 5.74) is 4.31. The van der Waals surface area contributed by atoms with Crippen LogP contribution in [0.3, 0.4) is 0 Å². The highest BCUT2D eigenvalue weighted by atomic mass is 16.5. The van der Waals surface area contributed by atoms with E-state index >= 15 is 0 Å². The Morgan fingerprint density at radius 3 is 2.40 bits per heavy atom. The quantitative estimate of drug-likeness (QED) is 0.730. The molecule has 3 nitrogen and oxygen atoms in total. The Balaban J connectivity index is 2.84. The fraction of sp³-hybridized carbons (Fsp3) is 0.500. The Morgan fingerprint density at radius 1 is 1.27 bits per heavy atom. The number of rotatable bonds is 5. The number of methoxy groups -OCH3 is 1. The highest BCUT2D eigenvalue weighted by Gasteiger charge is 2.18. The predicted octanol–water partition coefficient (Wildman–Crippen LogP) is 2.13. The molecule has 15 heavy (non-hydrogen) atoms. The number of hydrogen-bond acceptors (Lipinski definition) is 3. The molecule has 0 aliphatic rings. The highest BCUT2D eigenvalue weighted by Crippen LogP contribution is 2.19. The second-order valence-corrected chi connectivity index (χ2v) is 4.24. The van der Waals surface area contributed by atoms with Gasteiger partial charge in [-0.15, -0.1) is 0 Å². The van der Waals surface area contributed by atoms with E-state index in [0.29, 0.717) is 6.54 Å². The fourth-order valence-corrected chi connectivity index (χ4v) is 1.52. The molecule has 2 N–H and O–H groups in total. The third-order valence-electron chi connectivity index (χ3n) is 2.56. The first-order valence-corrected chi connectivity index (χ1v) is 5.08. The van der Waals surface area contributed by atoms with Crippen molar-refractivity contribution in [1.82, 2.24) is 5.48 Å². The van der Waals surface area contributed by atoms with Gasteiger partial charge in [0.15, 0.2) is 0 Å². The Kier molecular flexibility index (Phi) is 4.27. The van der Waals surface area contributed by atoms with Gasteiger partial charge in [0.2, 0.25) is 0 Å². The van der Waals surface area contributed by atoms with E-state index in [2.05, 4.69) is 25.4 Å². The van der Waals surface area contributed by atoms with Crippen molar-refractivity contribution in [1.29, 1.82) is 0 Å². The Hall–Kier alpha value is -0.900. The summed E-state index contributed by atoms with van der Waals surface area (Å²) in [7, 11) is 1.72. The van der Waals surface area contributed by atoms with Crippen LogP contribution in [-0.4, -0.2) is 17.9 Å². The third kappa shape index (κ3) is 3.63. The van der Waals surface area contributed by atoms with Crippen molar-refractivity contribution in [2.24, 2.45) is 0 Å². The largest absolute Gasteiger partial charge is 0.378 e. The van der Waals surface area contributed by atoms with E-state index in [-0.39, 0.29) is 5.60 Å². The van der Waals surface area contributed by atoms with E-state index in [1.807, 2.05) is 18.2 Å². The minimum absolute atomic E-state index is 0.175. The van der Waals surface area contributed by atoms with Crippen LogP contribution in [0.4, 0.5) is 0 Å². The van der Waals surface area contributed by atoms with Gasteiger partial charge in [0.1, 0.15) is 0 Å². The molecule has 0 aromatic heterocycles. The van der Waals surface area contributed by atoms with Gasteiger partial charge in [-0.2, -0.15) is 0 Å². The number of benzene rings is 1. The van der Waals surface area contributed by atoms with E-state index in [0.717, 1.165) is 12.0 Å². The Labute approximate surface area is 91.0 Å². The Morgan fingerprint density at radius 2 is 1.87 bits per heavy atom. The molecule has 84 valence electrons. The van der Waals surface area contributed by atoms with Crippen molar-refractivity contribution in [2.75, 3.05) is 7.11 Å². The summed E-state index contributed by atoms with van der Waals surface area (Å²) in [4.78, 5) is 0. The van der Waals surface area contributed by atoms with Gasteiger partial charge in [-0.3, -0.25) is 0 Å². The minimum Gasteiger partial charge on any atom is -0.378 e. The summed E-state index contributed by atoms with van der Waals surface area (Å²) in [5.74, 6) is 0. The standard InChI is InChI=1S/C12H19NO2/c1-12(2,15-3)8-10-6-4-5-7-11(10)9-13-14/h4-7,13-14H,8-9H2,1-3H3. The molecule has 0 amide bonds. The zero-order chi connectivity index (χ0) is 11.3.